The van der Waals surface area contributed by atoms with Crippen molar-refractivity contribution >= 4 is 78.1 Å². The zero-order valence-corrected chi connectivity index (χ0v) is 41.2. The summed E-state index contributed by atoms with van der Waals surface area (Å²) in [6.45, 7) is 7.80. The minimum absolute atomic E-state index is 0.0297. The first-order valence-corrected chi connectivity index (χ1v) is 24.5. The van der Waals surface area contributed by atoms with Gasteiger partial charge in [-0.25, -0.2) is 9.80 Å². The Labute approximate surface area is 434 Å². The van der Waals surface area contributed by atoms with Gasteiger partial charge in [-0.2, -0.15) is 0 Å². The zero-order valence-electron chi connectivity index (χ0n) is 41.2. The molecule has 2 N–H and O–H groups in total. The van der Waals surface area contributed by atoms with Gasteiger partial charge < -0.3 is 29.2 Å². The van der Waals surface area contributed by atoms with Gasteiger partial charge in [-0.15, -0.1) is 0 Å². The molecule has 0 saturated carbocycles. The van der Waals surface area contributed by atoms with Crippen molar-refractivity contribution in [2.24, 2.45) is 0 Å². The third-order valence-corrected chi connectivity index (χ3v) is 14.1. The van der Waals surface area contributed by atoms with Crippen molar-refractivity contribution < 1.29 is 48.3 Å². The van der Waals surface area contributed by atoms with E-state index in [2.05, 4.69) is 0 Å². The van der Waals surface area contributed by atoms with Crippen LogP contribution < -0.4 is 28.7 Å². The van der Waals surface area contributed by atoms with Crippen molar-refractivity contribution in [3.05, 3.63) is 214 Å². The van der Waals surface area contributed by atoms with E-state index >= 15 is 19.2 Å². The maximum absolute atomic E-state index is 15.4. The Morgan fingerprint density at radius 3 is 0.776 bits per heavy atom. The minimum atomic E-state index is -0.735. The Morgan fingerprint density at radius 2 is 0.539 bits per heavy atom. The van der Waals surface area contributed by atoms with Crippen LogP contribution in [0.1, 0.15) is 63.7 Å². The summed E-state index contributed by atoms with van der Waals surface area (Å²) in [7, 11) is 0. The van der Waals surface area contributed by atoms with Crippen LogP contribution in [0.25, 0.3) is 43.1 Å². The molecule has 76 heavy (non-hydrogen) atoms. The quantitative estimate of drug-likeness (QED) is 0.0769. The molecule has 12 heteroatoms. The standard InChI is InChI=1S/C64H42N2O10/c1-33-13-21-37(22-14-33)73-49-29-41-53-42(62(70)65(61(41)69)45-9-5-7-11-47(45)67)31-51(75-39-25-17-35(3)18-26-39)57-58-52(76-40-27-19-36(4)20-28-40)32-44-54-43(63(71)66(64(44)72)46-10-6-8-12-48(46)68)30-50(56(60(54)58)55(49)59(53)57)74-38-23-15-34(2)16-24-38/h5-32,67-68H,1-4H3. The number of phenols is 2. The topological polar surface area (TPSA) is 152 Å². The van der Waals surface area contributed by atoms with Crippen LogP contribution in [0.15, 0.2) is 170 Å². The maximum Gasteiger partial charge on any atom is 0.266 e. The number of hydrogen-bond acceptors (Lipinski definition) is 10. The lowest BCUT2D eigenvalue weighted by molar-refractivity contribution is 0.0876. The molecule has 0 fully saturated rings. The number of carbonyl (C=O) groups is 4. The van der Waals surface area contributed by atoms with Gasteiger partial charge >= 0.3 is 0 Å². The smallest absolute Gasteiger partial charge is 0.266 e. The molecule has 0 radical (unpaired) electrons. The van der Waals surface area contributed by atoms with Crippen molar-refractivity contribution in [1.29, 1.82) is 0 Å². The second kappa shape index (κ2) is 17.2. The van der Waals surface area contributed by atoms with Gasteiger partial charge in [-0.3, -0.25) is 19.2 Å². The highest BCUT2D eigenvalue weighted by Crippen LogP contribution is 2.58. The average molecular weight is 999 g/mol. The molecule has 0 saturated heterocycles. The minimum Gasteiger partial charge on any atom is -0.506 e. The van der Waals surface area contributed by atoms with Gasteiger partial charge in [0, 0.05) is 43.1 Å². The van der Waals surface area contributed by atoms with Crippen molar-refractivity contribution in [2.75, 3.05) is 9.80 Å². The van der Waals surface area contributed by atoms with Crippen LogP contribution in [-0.2, 0) is 0 Å². The van der Waals surface area contributed by atoms with Crippen molar-refractivity contribution in [3.63, 3.8) is 0 Å². The molecule has 4 amide bonds. The van der Waals surface area contributed by atoms with Crippen LogP contribution in [0.3, 0.4) is 0 Å². The number of nitrogens with zero attached hydrogens (tertiary/aromatic N) is 2. The van der Waals surface area contributed by atoms with Gasteiger partial charge in [0.1, 0.15) is 57.5 Å². The molecular formula is C64H42N2O10. The Kier molecular flexibility index (Phi) is 10.3. The summed E-state index contributed by atoms with van der Waals surface area (Å²) in [5.41, 5.74) is 4.09. The predicted octanol–water partition coefficient (Wildman–Crippen LogP) is 15.2. The zero-order chi connectivity index (χ0) is 52.3. The van der Waals surface area contributed by atoms with E-state index < -0.39 is 23.6 Å². The van der Waals surface area contributed by atoms with Crippen LogP contribution in [0.4, 0.5) is 11.4 Å². The number of fused-ring (bicyclic) bond motifs is 2. The fourth-order valence-corrected chi connectivity index (χ4v) is 10.5. The first-order chi connectivity index (χ1) is 36.8. The molecule has 0 aromatic heterocycles. The SMILES string of the molecule is Cc1ccc(Oc2cc3c4c(cc(Oc5ccc(C)cc5)c5c6c(Oc7ccc(C)cc7)cc7c8c(cc(Oc9ccc(C)cc9)c(c2c45)c86)C(=O)N(c2ccccc2O)C7=O)C(=O)N(c2ccccc2O)C3=O)cc1. The molecule has 368 valence electrons. The number of carbonyl (C=O) groups excluding carboxylic acids is 4. The highest BCUT2D eigenvalue weighted by atomic mass is 16.5. The largest absolute Gasteiger partial charge is 0.506 e. The number of imide groups is 2. The van der Waals surface area contributed by atoms with E-state index in [1.54, 1.807) is 97.1 Å². The lowest BCUT2D eigenvalue weighted by atomic mass is 9.80. The number of aryl methyl sites for hydroxylation is 4. The molecular weight excluding hydrogens is 957 g/mol. The number of ether oxygens (including phenoxy) is 4. The molecule has 2 heterocycles. The summed E-state index contributed by atoms with van der Waals surface area (Å²) < 4.78 is 28.0. The molecule has 0 unspecified atom stereocenters. The van der Waals surface area contributed by atoms with Crippen LogP contribution in [0.5, 0.6) is 57.5 Å². The molecule has 0 atom stereocenters. The Bertz CT molecular complexity index is 3800. The molecule has 2 aliphatic rings. The molecule has 11 aromatic carbocycles. The fourth-order valence-electron chi connectivity index (χ4n) is 10.5. The van der Waals surface area contributed by atoms with E-state index in [9.17, 15) is 10.2 Å². The number of benzene rings is 11. The first kappa shape index (κ1) is 45.6. The molecule has 13 rings (SSSR count). The van der Waals surface area contributed by atoms with Crippen LogP contribution in [0.2, 0.25) is 0 Å². The highest BCUT2D eigenvalue weighted by molar-refractivity contribution is 6.48. The normalized spacial score (nSPS) is 13.2. The number of hydrogen-bond donors (Lipinski definition) is 2. The van der Waals surface area contributed by atoms with Crippen molar-refractivity contribution in [2.45, 2.75) is 27.7 Å². The van der Waals surface area contributed by atoms with E-state index in [-0.39, 0.29) is 78.9 Å². The third-order valence-electron chi connectivity index (χ3n) is 14.1. The molecule has 12 nitrogen and oxygen atoms in total. The van der Waals surface area contributed by atoms with Crippen LogP contribution in [0, 0.1) is 27.7 Å². The summed E-state index contributed by atoms with van der Waals surface area (Å²) in [6.07, 6.45) is 0. The predicted molar refractivity (Wildman–Crippen MR) is 291 cm³/mol. The lowest BCUT2D eigenvalue weighted by Gasteiger charge is -2.32. The van der Waals surface area contributed by atoms with Gasteiger partial charge in [-0.1, -0.05) is 95.1 Å². The van der Waals surface area contributed by atoms with E-state index in [1.807, 2.05) is 76.2 Å². The van der Waals surface area contributed by atoms with Gasteiger partial charge in [0.15, 0.2) is 0 Å². The van der Waals surface area contributed by atoms with Crippen molar-refractivity contribution in [1.82, 2.24) is 0 Å². The number of phenolic OH excluding ortho intramolecular Hbond substituents is 2. The number of aromatic hydroxyl groups is 2. The van der Waals surface area contributed by atoms with Gasteiger partial charge in [-0.05, 0) is 125 Å². The first-order valence-electron chi connectivity index (χ1n) is 24.5. The van der Waals surface area contributed by atoms with Crippen molar-refractivity contribution in [3.8, 4) is 57.5 Å². The van der Waals surface area contributed by atoms with E-state index in [0.29, 0.717) is 55.3 Å². The summed E-state index contributed by atoms with van der Waals surface area (Å²) in [5.74, 6) is -1.31. The second-order valence-electron chi connectivity index (χ2n) is 19.2. The average Bonchev–Trinajstić information content (AvgIpc) is 3.42. The summed E-state index contributed by atoms with van der Waals surface area (Å²) in [5, 5.41) is 25.1. The number of amides is 4. The Hall–Kier alpha value is -10.2. The molecule has 0 aliphatic carbocycles. The molecule has 11 aromatic rings. The lowest BCUT2D eigenvalue weighted by Crippen LogP contribution is -2.40. The van der Waals surface area contributed by atoms with E-state index in [0.717, 1.165) is 32.1 Å². The van der Waals surface area contributed by atoms with Gasteiger partial charge in [0.05, 0.1) is 33.6 Å². The molecule has 2 aliphatic heterocycles. The van der Waals surface area contributed by atoms with Crippen LogP contribution in [-0.4, -0.2) is 33.8 Å². The van der Waals surface area contributed by atoms with E-state index in [1.165, 1.54) is 24.3 Å². The van der Waals surface area contributed by atoms with Gasteiger partial charge in [0.2, 0.25) is 0 Å². The molecule has 0 bridgehead atoms. The summed E-state index contributed by atoms with van der Waals surface area (Å²) >= 11 is 0. The van der Waals surface area contributed by atoms with Gasteiger partial charge in [0.25, 0.3) is 23.6 Å². The summed E-state index contributed by atoms with van der Waals surface area (Å²) in [4.78, 5) is 63.5. The second-order valence-corrected chi connectivity index (χ2v) is 19.2. The third kappa shape index (κ3) is 7.13. The highest BCUT2D eigenvalue weighted by Gasteiger charge is 2.43. The van der Waals surface area contributed by atoms with Crippen LogP contribution >= 0.6 is 0 Å². The molecule has 0 spiro atoms. The Morgan fingerprint density at radius 1 is 0.303 bits per heavy atom. The number of rotatable bonds is 10. The fraction of sp³-hybridized carbons (Fsp3) is 0.0625. The Balaban J connectivity index is 1.27. The van der Waals surface area contributed by atoms with E-state index in [4.69, 9.17) is 18.9 Å². The monoisotopic (exact) mass is 998 g/mol. The number of anilines is 2. The maximum atomic E-state index is 15.4. The summed E-state index contributed by atoms with van der Waals surface area (Å²) in [6, 6.07) is 48.1. The number of para-hydroxylation sites is 4.